The Balaban J connectivity index is 1.94. The number of aliphatic hydroxyl groups excluding tert-OH is 1. The van der Waals surface area contributed by atoms with Gasteiger partial charge in [-0.3, -0.25) is 9.69 Å². The predicted octanol–water partition coefficient (Wildman–Crippen LogP) is 1.31. The van der Waals surface area contributed by atoms with E-state index in [1.54, 1.807) is 12.1 Å². The molecule has 0 saturated carbocycles. The molecule has 0 fully saturated rings. The molecule has 0 spiro atoms. The van der Waals surface area contributed by atoms with Crippen molar-refractivity contribution in [2.24, 2.45) is 0 Å². The molecule has 0 bridgehead atoms. The second-order valence-electron chi connectivity index (χ2n) is 3.96. The minimum Gasteiger partial charge on any atom is -0.368 e. The van der Waals surface area contributed by atoms with Gasteiger partial charge in [-0.1, -0.05) is 0 Å². The van der Waals surface area contributed by atoms with Crippen LogP contribution >= 0.6 is 23.5 Å². The summed E-state index contributed by atoms with van der Waals surface area (Å²) in [6, 6.07) is 5.13. The van der Waals surface area contributed by atoms with Crippen LogP contribution in [0.3, 0.4) is 0 Å². The van der Waals surface area contributed by atoms with E-state index in [2.05, 4.69) is 4.98 Å². The van der Waals surface area contributed by atoms with E-state index >= 15 is 0 Å². The number of amides is 1. The van der Waals surface area contributed by atoms with Crippen LogP contribution in [0.15, 0.2) is 28.1 Å². The maximum Gasteiger partial charge on any atom is 0.269 e. The molecular weight excluding hydrogens is 282 g/mol. The first-order valence-electron chi connectivity index (χ1n) is 5.60. The average molecular weight is 291 g/mol. The highest BCUT2D eigenvalue weighted by Crippen LogP contribution is 2.43. The van der Waals surface area contributed by atoms with E-state index in [1.807, 2.05) is 6.07 Å². The molecule has 7 heteroatoms. The number of carbonyl (C=O) groups is 1. The number of rotatable bonds is 1. The van der Waals surface area contributed by atoms with Crippen molar-refractivity contribution in [3.05, 3.63) is 33.7 Å². The van der Waals surface area contributed by atoms with Gasteiger partial charge in [-0.15, -0.1) is 23.5 Å². The first kappa shape index (κ1) is 12.5. The highest BCUT2D eigenvalue weighted by molar-refractivity contribution is 8.10. The van der Waals surface area contributed by atoms with Crippen LogP contribution in [-0.2, 0) is 4.79 Å². The van der Waals surface area contributed by atoms with Crippen LogP contribution in [0.25, 0.3) is 0 Å². The Morgan fingerprint density at radius 2 is 2.21 bits per heavy atom. The van der Waals surface area contributed by atoms with Crippen LogP contribution in [0.5, 0.6) is 0 Å². The van der Waals surface area contributed by atoms with Crippen molar-refractivity contribution in [3.8, 4) is 6.07 Å². The molecule has 1 aromatic rings. The number of nitriles is 1. The topological polar surface area (TPSA) is 77.2 Å². The normalized spacial score (nSPS) is 22.4. The van der Waals surface area contributed by atoms with E-state index in [1.165, 1.54) is 34.6 Å². The molecule has 1 N–H and O–H groups in total. The van der Waals surface area contributed by atoms with Crippen LogP contribution in [0.4, 0.5) is 5.82 Å². The second kappa shape index (κ2) is 4.89. The van der Waals surface area contributed by atoms with Gasteiger partial charge in [0.2, 0.25) is 0 Å². The fourth-order valence-electron chi connectivity index (χ4n) is 1.95. The third-order valence-corrected chi connectivity index (χ3v) is 5.44. The van der Waals surface area contributed by atoms with Crippen LogP contribution in [0.1, 0.15) is 5.56 Å². The number of anilines is 1. The summed E-state index contributed by atoms with van der Waals surface area (Å²) in [4.78, 5) is 19.0. The summed E-state index contributed by atoms with van der Waals surface area (Å²) in [6.07, 6.45) is 0.438. The van der Waals surface area contributed by atoms with Gasteiger partial charge in [0, 0.05) is 17.7 Å². The predicted molar refractivity (Wildman–Crippen MR) is 74.4 cm³/mol. The van der Waals surface area contributed by atoms with E-state index < -0.39 is 6.23 Å². The Bertz CT molecular complexity index is 606. The highest BCUT2D eigenvalue weighted by atomic mass is 32.2. The number of nitrogens with zero attached hydrogens (tertiary/aromatic N) is 3. The molecule has 5 nitrogen and oxygen atoms in total. The zero-order valence-corrected chi connectivity index (χ0v) is 11.4. The van der Waals surface area contributed by atoms with Gasteiger partial charge in [0.15, 0.2) is 6.23 Å². The lowest BCUT2D eigenvalue weighted by atomic mass is 10.3. The Kier molecular flexibility index (Phi) is 3.22. The zero-order valence-electron chi connectivity index (χ0n) is 9.74. The lowest BCUT2D eigenvalue weighted by Gasteiger charge is -2.20. The third kappa shape index (κ3) is 2.02. The molecule has 19 heavy (non-hydrogen) atoms. The Morgan fingerprint density at radius 1 is 1.42 bits per heavy atom. The number of hydrogen-bond acceptors (Lipinski definition) is 6. The molecule has 0 saturated heterocycles. The molecule has 3 rings (SSSR count). The number of aliphatic hydroxyl groups is 1. The largest absolute Gasteiger partial charge is 0.368 e. The molecule has 2 aliphatic heterocycles. The average Bonchev–Trinajstić information content (AvgIpc) is 2.72. The van der Waals surface area contributed by atoms with Crippen molar-refractivity contribution < 1.29 is 9.90 Å². The molecule has 2 aliphatic rings. The standard InChI is InChI=1S/C12H9N3O2S2/c13-5-7-1-2-8(14-6-7)15-11(16)9-10(12(15)17)19-4-3-18-9/h1-2,6,11,16H,3-4H2. The Hall–Kier alpha value is -1.49. The molecule has 1 amide bonds. The van der Waals surface area contributed by atoms with Gasteiger partial charge in [-0.05, 0) is 12.1 Å². The van der Waals surface area contributed by atoms with Crippen molar-refractivity contribution in [2.75, 3.05) is 16.4 Å². The van der Waals surface area contributed by atoms with Gasteiger partial charge in [-0.25, -0.2) is 4.98 Å². The first-order valence-corrected chi connectivity index (χ1v) is 7.57. The van der Waals surface area contributed by atoms with Gasteiger partial charge in [-0.2, -0.15) is 5.26 Å². The SMILES string of the molecule is N#Cc1ccc(N2C(=O)C3=C(SCCS3)C2O)nc1. The van der Waals surface area contributed by atoms with Crippen LogP contribution in [0, 0.1) is 11.3 Å². The Morgan fingerprint density at radius 3 is 2.84 bits per heavy atom. The van der Waals surface area contributed by atoms with Crippen molar-refractivity contribution >= 4 is 35.2 Å². The molecule has 3 heterocycles. The van der Waals surface area contributed by atoms with Gasteiger partial charge in [0.25, 0.3) is 5.91 Å². The minimum absolute atomic E-state index is 0.211. The van der Waals surface area contributed by atoms with E-state index in [0.717, 1.165) is 11.5 Å². The molecule has 0 radical (unpaired) electrons. The van der Waals surface area contributed by atoms with E-state index in [-0.39, 0.29) is 5.91 Å². The highest BCUT2D eigenvalue weighted by Gasteiger charge is 2.41. The van der Waals surface area contributed by atoms with Crippen molar-refractivity contribution in [1.29, 1.82) is 5.26 Å². The maximum atomic E-state index is 12.3. The van der Waals surface area contributed by atoms with Crippen molar-refractivity contribution in [1.82, 2.24) is 4.98 Å². The number of aromatic nitrogens is 1. The summed E-state index contributed by atoms with van der Waals surface area (Å²) < 4.78 is 0. The fraction of sp³-hybridized carbons (Fsp3) is 0.250. The summed E-state index contributed by atoms with van der Waals surface area (Å²) in [5.41, 5.74) is 0.423. The number of hydrogen-bond donors (Lipinski definition) is 1. The van der Waals surface area contributed by atoms with Crippen LogP contribution in [0.2, 0.25) is 0 Å². The summed E-state index contributed by atoms with van der Waals surface area (Å²) in [6.45, 7) is 0. The number of pyridine rings is 1. The van der Waals surface area contributed by atoms with Crippen LogP contribution in [-0.4, -0.2) is 33.7 Å². The lowest BCUT2D eigenvalue weighted by Crippen LogP contribution is -2.35. The lowest BCUT2D eigenvalue weighted by molar-refractivity contribution is -0.115. The van der Waals surface area contributed by atoms with Crippen molar-refractivity contribution in [3.63, 3.8) is 0 Å². The van der Waals surface area contributed by atoms with Gasteiger partial charge < -0.3 is 5.11 Å². The van der Waals surface area contributed by atoms with Gasteiger partial charge in [0.05, 0.1) is 15.4 Å². The summed E-state index contributed by atoms with van der Waals surface area (Å²) in [5, 5.41) is 19.0. The molecule has 0 aromatic carbocycles. The molecule has 1 unspecified atom stereocenters. The molecule has 1 aromatic heterocycles. The van der Waals surface area contributed by atoms with E-state index in [0.29, 0.717) is 21.2 Å². The minimum atomic E-state index is -0.958. The zero-order chi connectivity index (χ0) is 13.4. The Labute approximate surface area is 118 Å². The molecule has 1 atom stereocenters. The molecule has 96 valence electrons. The van der Waals surface area contributed by atoms with Gasteiger partial charge >= 0.3 is 0 Å². The molecular formula is C12H9N3O2S2. The number of carbonyl (C=O) groups excluding carboxylic acids is 1. The summed E-state index contributed by atoms with van der Waals surface area (Å²) in [5.74, 6) is 1.92. The maximum absolute atomic E-state index is 12.3. The molecule has 0 aliphatic carbocycles. The van der Waals surface area contributed by atoms with Crippen LogP contribution < -0.4 is 4.90 Å². The van der Waals surface area contributed by atoms with Gasteiger partial charge in [0.1, 0.15) is 11.9 Å². The van der Waals surface area contributed by atoms with Crippen molar-refractivity contribution in [2.45, 2.75) is 6.23 Å². The summed E-state index contributed by atoms with van der Waals surface area (Å²) in [7, 11) is 0. The fourth-order valence-corrected chi connectivity index (χ4v) is 4.34. The first-order chi connectivity index (χ1) is 9.22. The second-order valence-corrected chi connectivity index (χ2v) is 6.20. The monoisotopic (exact) mass is 291 g/mol. The summed E-state index contributed by atoms with van der Waals surface area (Å²) >= 11 is 3.00. The van der Waals surface area contributed by atoms with E-state index in [9.17, 15) is 9.90 Å². The number of thioether (sulfide) groups is 2. The third-order valence-electron chi connectivity index (χ3n) is 2.83. The smallest absolute Gasteiger partial charge is 0.269 e. The van der Waals surface area contributed by atoms with E-state index in [4.69, 9.17) is 5.26 Å². The quantitative estimate of drug-likeness (QED) is 0.840.